The predicted molar refractivity (Wildman–Crippen MR) is 139 cm³/mol. The summed E-state index contributed by atoms with van der Waals surface area (Å²) in [6.07, 6.45) is 2.70. The summed E-state index contributed by atoms with van der Waals surface area (Å²) in [5.74, 6) is 1.49. The summed E-state index contributed by atoms with van der Waals surface area (Å²) >= 11 is 0. The van der Waals surface area contributed by atoms with Crippen LogP contribution in [0.1, 0.15) is 43.5 Å². The van der Waals surface area contributed by atoms with Gasteiger partial charge >= 0.3 is 0 Å². The Labute approximate surface area is 206 Å². The molecule has 0 aliphatic carbocycles. The van der Waals surface area contributed by atoms with Gasteiger partial charge in [0.15, 0.2) is 0 Å². The molecule has 0 spiro atoms. The number of nitrogens with zero attached hydrogens (tertiary/aromatic N) is 1. The van der Waals surface area contributed by atoms with E-state index >= 15 is 0 Å². The number of rotatable bonds is 9. The second-order valence-electron chi connectivity index (χ2n) is 8.50. The number of phenols is 1. The fourth-order valence-electron chi connectivity index (χ4n) is 3.40. The van der Waals surface area contributed by atoms with Gasteiger partial charge in [-0.15, -0.1) is 0 Å². The van der Waals surface area contributed by atoms with Crippen LogP contribution in [0.25, 0.3) is 10.9 Å². The van der Waals surface area contributed by atoms with Crippen LogP contribution >= 0.6 is 0 Å². The minimum Gasteiger partial charge on any atom is -0.508 e. The molecule has 1 heterocycles. The first-order chi connectivity index (χ1) is 16.9. The number of ketones is 2. The highest BCUT2D eigenvalue weighted by molar-refractivity contribution is 5.78. The average Bonchev–Trinajstić information content (AvgIpc) is 2.86. The van der Waals surface area contributed by atoms with Crippen LogP contribution in [0.3, 0.4) is 0 Å². The summed E-state index contributed by atoms with van der Waals surface area (Å²) in [6, 6.07) is 26.9. The number of para-hydroxylation sites is 1. The maximum absolute atomic E-state index is 11.0. The molecule has 180 valence electrons. The summed E-state index contributed by atoms with van der Waals surface area (Å²) in [4.78, 5) is 26.2. The van der Waals surface area contributed by atoms with Crippen molar-refractivity contribution >= 4 is 22.5 Å². The van der Waals surface area contributed by atoms with Crippen molar-refractivity contribution in [3.05, 3.63) is 102 Å². The molecule has 0 saturated carbocycles. The molecule has 0 radical (unpaired) electrons. The number of benzene rings is 3. The van der Waals surface area contributed by atoms with Crippen molar-refractivity contribution in [1.82, 2.24) is 4.98 Å². The van der Waals surface area contributed by atoms with Gasteiger partial charge in [0.1, 0.15) is 29.7 Å². The number of Topliss-reactive ketones (excluding diaryl/α,β-unsaturated/α-hetero) is 2. The lowest BCUT2D eigenvalue weighted by atomic mass is 10.1. The summed E-state index contributed by atoms with van der Waals surface area (Å²) in [5.41, 5.74) is 4.12. The zero-order chi connectivity index (χ0) is 25.0. The number of pyridine rings is 1. The number of aromatic nitrogens is 1. The number of carbonyl (C=O) groups excluding carboxylic acids is 2. The predicted octanol–water partition coefficient (Wildman–Crippen LogP) is 6.25. The Morgan fingerprint density at radius 2 is 1.31 bits per heavy atom. The van der Waals surface area contributed by atoms with Gasteiger partial charge in [0.2, 0.25) is 0 Å². The maximum atomic E-state index is 11.0. The Hall–Kier alpha value is -3.99. The zero-order valence-electron chi connectivity index (χ0n) is 20.2. The molecule has 0 atom stereocenters. The first-order valence-electron chi connectivity index (χ1n) is 11.7. The number of carbonyl (C=O) groups is 2. The Balaban J connectivity index is 0.000000241. The topological polar surface area (TPSA) is 76.5 Å². The molecule has 35 heavy (non-hydrogen) atoms. The molecule has 1 N–H and O–H groups in total. The Kier molecular flexibility index (Phi) is 9.55. The van der Waals surface area contributed by atoms with E-state index in [1.54, 1.807) is 26.0 Å². The molecular formula is C30H31NO4. The van der Waals surface area contributed by atoms with E-state index in [9.17, 15) is 9.59 Å². The van der Waals surface area contributed by atoms with Gasteiger partial charge in [-0.3, -0.25) is 0 Å². The van der Waals surface area contributed by atoms with Crippen molar-refractivity contribution < 1.29 is 19.4 Å². The molecule has 1 aromatic heterocycles. The van der Waals surface area contributed by atoms with E-state index in [1.807, 2.05) is 66.7 Å². The summed E-state index contributed by atoms with van der Waals surface area (Å²) in [7, 11) is 0. The van der Waals surface area contributed by atoms with Gasteiger partial charge in [-0.25, -0.2) is 4.98 Å². The van der Waals surface area contributed by atoms with Gasteiger partial charge in [-0.05, 0) is 74.2 Å². The molecular weight excluding hydrogens is 438 g/mol. The molecule has 0 amide bonds. The number of hydrogen-bond acceptors (Lipinski definition) is 5. The number of aryl methyl sites for hydroxylation is 2. The zero-order valence-corrected chi connectivity index (χ0v) is 20.2. The van der Waals surface area contributed by atoms with Crippen LogP contribution in [0.15, 0.2) is 84.9 Å². The normalized spacial score (nSPS) is 10.3. The van der Waals surface area contributed by atoms with E-state index in [0.29, 0.717) is 19.4 Å². The SMILES string of the molecule is CC(=O)CCc1ccc(O)cc1.CC(=O)CCc1ccc(OCc2ccc3ccccc3n2)cc1. The molecule has 0 unspecified atom stereocenters. The Morgan fingerprint density at radius 3 is 1.91 bits per heavy atom. The van der Waals surface area contributed by atoms with E-state index in [4.69, 9.17) is 9.84 Å². The standard InChI is InChI=1S/C20H19NO2.C10H12O2/c1-15(22)6-7-16-8-12-19(13-9-16)23-14-18-11-10-17-4-2-3-5-20(17)21-18;1-8(11)2-3-9-4-6-10(12)7-5-9/h2-5,8-13H,6-7,14H2,1H3;4-7,12H,2-3H2,1H3. The van der Waals surface area contributed by atoms with Crippen molar-refractivity contribution in [1.29, 1.82) is 0 Å². The monoisotopic (exact) mass is 469 g/mol. The quantitative estimate of drug-likeness (QED) is 0.314. The molecule has 0 fully saturated rings. The fourth-order valence-corrected chi connectivity index (χ4v) is 3.40. The highest BCUT2D eigenvalue weighted by Crippen LogP contribution is 2.17. The Morgan fingerprint density at radius 1 is 0.743 bits per heavy atom. The molecule has 0 aliphatic rings. The number of hydrogen-bond donors (Lipinski definition) is 1. The van der Waals surface area contributed by atoms with Crippen LogP contribution in [0, 0.1) is 0 Å². The molecule has 5 heteroatoms. The van der Waals surface area contributed by atoms with Crippen LogP contribution in [-0.4, -0.2) is 21.7 Å². The number of ether oxygens (including phenoxy) is 1. The molecule has 5 nitrogen and oxygen atoms in total. The van der Waals surface area contributed by atoms with E-state index in [-0.39, 0.29) is 17.3 Å². The third-order valence-electron chi connectivity index (χ3n) is 5.43. The van der Waals surface area contributed by atoms with Crippen LogP contribution in [0.4, 0.5) is 0 Å². The van der Waals surface area contributed by atoms with Crippen molar-refractivity contribution in [2.75, 3.05) is 0 Å². The Bertz CT molecular complexity index is 1250. The van der Waals surface area contributed by atoms with Gasteiger partial charge in [-0.2, -0.15) is 0 Å². The second-order valence-corrected chi connectivity index (χ2v) is 8.50. The third kappa shape index (κ3) is 9.05. The van der Waals surface area contributed by atoms with Crippen LogP contribution < -0.4 is 4.74 Å². The average molecular weight is 470 g/mol. The minimum absolute atomic E-state index is 0.197. The van der Waals surface area contributed by atoms with Crippen molar-refractivity contribution in [2.45, 2.75) is 46.1 Å². The molecule has 0 saturated heterocycles. The van der Waals surface area contributed by atoms with Gasteiger partial charge in [0, 0.05) is 18.2 Å². The van der Waals surface area contributed by atoms with Crippen LogP contribution in [0.2, 0.25) is 0 Å². The lowest BCUT2D eigenvalue weighted by molar-refractivity contribution is -0.117. The summed E-state index contributed by atoms with van der Waals surface area (Å²) in [6.45, 7) is 3.64. The first-order valence-corrected chi connectivity index (χ1v) is 11.7. The van der Waals surface area contributed by atoms with Gasteiger partial charge in [-0.1, -0.05) is 48.5 Å². The van der Waals surface area contributed by atoms with Gasteiger partial charge in [0.25, 0.3) is 0 Å². The number of aromatic hydroxyl groups is 1. The number of phenolic OH excluding ortho intramolecular Hbond substituents is 1. The highest BCUT2D eigenvalue weighted by atomic mass is 16.5. The maximum Gasteiger partial charge on any atom is 0.130 e. The summed E-state index contributed by atoms with van der Waals surface area (Å²) in [5, 5.41) is 10.1. The fraction of sp³-hybridized carbons (Fsp3) is 0.233. The smallest absolute Gasteiger partial charge is 0.130 e. The van der Waals surface area contributed by atoms with Gasteiger partial charge < -0.3 is 19.4 Å². The van der Waals surface area contributed by atoms with E-state index in [0.717, 1.165) is 46.3 Å². The van der Waals surface area contributed by atoms with Crippen LogP contribution in [0.5, 0.6) is 11.5 Å². The van der Waals surface area contributed by atoms with Crippen molar-refractivity contribution in [3.63, 3.8) is 0 Å². The number of fused-ring (bicyclic) bond motifs is 1. The van der Waals surface area contributed by atoms with Gasteiger partial charge in [0.05, 0.1) is 11.2 Å². The van der Waals surface area contributed by atoms with E-state index < -0.39 is 0 Å². The highest BCUT2D eigenvalue weighted by Gasteiger charge is 2.01. The van der Waals surface area contributed by atoms with Crippen LogP contribution in [-0.2, 0) is 29.0 Å². The lowest BCUT2D eigenvalue weighted by Crippen LogP contribution is -1.99. The third-order valence-corrected chi connectivity index (χ3v) is 5.43. The first kappa shape index (κ1) is 25.6. The molecule has 4 aromatic rings. The summed E-state index contributed by atoms with van der Waals surface area (Å²) < 4.78 is 5.79. The van der Waals surface area contributed by atoms with E-state index in [2.05, 4.69) is 11.1 Å². The largest absolute Gasteiger partial charge is 0.508 e. The van der Waals surface area contributed by atoms with E-state index in [1.165, 1.54) is 0 Å². The lowest BCUT2D eigenvalue weighted by Gasteiger charge is -2.07. The molecule has 0 bridgehead atoms. The molecule has 0 aliphatic heterocycles. The van der Waals surface area contributed by atoms with Crippen molar-refractivity contribution in [3.8, 4) is 11.5 Å². The minimum atomic E-state index is 0.197. The van der Waals surface area contributed by atoms with Crippen molar-refractivity contribution in [2.24, 2.45) is 0 Å². The molecule has 3 aromatic carbocycles. The second kappa shape index (κ2) is 13.0. The molecule has 4 rings (SSSR count).